The second-order valence-electron chi connectivity index (χ2n) is 3.66. The van der Waals surface area contributed by atoms with Crippen molar-refractivity contribution >= 4 is 33.1 Å². The van der Waals surface area contributed by atoms with Crippen LogP contribution in [0.1, 0.15) is 10.4 Å². The Morgan fingerprint density at radius 1 is 1.53 bits per heavy atom. The summed E-state index contributed by atoms with van der Waals surface area (Å²) in [5.74, 6) is 0.895. The third kappa shape index (κ3) is 3.02. The predicted molar refractivity (Wildman–Crippen MR) is 74.0 cm³/mol. The molecule has 0 fully saturated rings. The molecule has 0 aliphatic carbocycles. The van der Waals surface area contributed by atoms with Gasteiger partial charge in [0.25, 0.3) is 0 Å². The fourth-order valence-electron chi connectivity index (χ4n) is 1.59. The molecule has 2 rings (SSSR count). The van der Waals surface area contributed by atoms with Crippen molar-refractivity contribution in [2.75, 3.05) is 11.9 Å². The van der Waals surface area contributed by atoms with Gasteiger partial charge in [0.15, 0.2) is 0 Å². The SMILES string of the molecule is CN(Cc1cc(Br)cs1)c1ncncc1CN. The average Bonchev–Trinajstić information content (AvgIpc) is 2.74. The first-order chi connectivity index (χ1) is 8.20. The first kappa shape index (κ1) is 12.5. The zero-order valence-electron chi connectivity index (χ0n) is 9.43. The van der Waals surface area contributed by atoms with Crippen molar-refractivity contribution in [2.45, 2.75) is 13.1 Å². The van der Waals surface area contributed by atoms with Crippen molar-refractivity contribution < 1.29 is 0 Å². The van der Waals surface area contributed by atoms with Gasteiger partial charge in [0.1, 0.15) is 12.1 Å². The third-order valence-corrected chi connectivity index (χ3v) is 4.04. The van der Waals surface area contributed by atoms with Crippen molar-refractivity contribution in [1.29, 1.82) is 0 Å². The fraction of sp³-hybridized carbons (Fsp3) is 0.273. The van der Waals surface area contributed by atoms with Crippen LogP contribution < -0.4 is 10.6 Å². The highest BCUT2D eigenvalue weighted by Gasteiger charge is 2.09. The van der Waals surface area contributed by atoms with Crippen molar-refractivity contribution in [3.63, 3.8) is 0 Å². The first-order valence-corrected chi connectivity index (χ1v) is 6.81. The largest absolute Gasteiger partial charge is 0.354 e. The Balaban J connectivity index is 2.16. The molecular formula is C11H13BrN4S. The Bertz CT molecular complexity index is 500. The summed E-state index contributed by atoms with van der Waals surface area (Å²) in [4.78, 5) is 11.6. The molecule has 0 bridgehead atoms. The van der Waals surface area contributed by atoms with E-state index in [-0.39, 0.29) is 0 Å². The van der Waals surface area contributed by atoms with Crippen LogP contribution in [0.2, 0.25) is 0 Å². The second-order valence-corrected chi connectivity index (χ2v) is 5.57. The number of nitrogens with two attached hydrogens (primary N) is 1. The molecule has 2 N–H and O–H groups in total. The Kier molecular flexibility index (Phi) is 4.09. The van der Waals surface area contributed by atoms with Crippen LogP contribution in [0.3, 0.4) is 0 Å². The average molecular weight is 313 g/mol. The Morgan fingerprint density at radius 2 is 2.35 bits per heavy atom. The van der Waals surface area contributed by atoms with Gasteiger partial charge in [-0.2, -0.15) is 0 Å². The summed E-state index contributed by atoms with van der Waals surface area (Å²) in [6, 6.07) is 2.12. The molecule has 4 nitrogen and oxygen atoms in total. The van der Waals surface area contributed by atoms with Crippen LogP contribution >= 0.6 is 27.3 Å². The summed E-state index contributed by atoms with van der Waals surface area (Å²) in [7, 11) is 2.01. The molecule has 0 amide bonds. The molecular weight excluding hydrogens is 300 g/mol. The van der Waals surface area contributed by atoms with Crippen LogP contribution in [0.15, 0.2) is 28.4 Å². The van der Waals surface area contributed by atoms with Gasteiger partial charge in [0, 0.05) is 40.1 Å². The Hall–Kier alpha value is -0.980. The standard InChI is InChI=1S/C11H13BrN4S/c1-16(5-10-2-9(12)6-17-10)11-8(3-13)4-14-7-15-11/h2,4,6-7H,3,5,13H2,1H3. The number of thiophene rings is 1. The molecule has 90 valence electrons. The van der Waals surface area contributed by atoms with Crippen LogP contribution in [-0.2, 0) is 13.1 Å². The molecule has 0 aliphatic rings. The van der Waals surface area contributed by atoms with Crippen LogP contribution in [-0.4, -0.2) is 17.0 Å². The maximum atomic E-state index is 5.67. The molecule has 0 spiro atoms. The van der Waals surface area contributed by atoms with Gasteiger partial charge >= 0.3 is 0 Å². The minimum Gasteiger partial charge on any atom is -0.354 e. The quantitative estimate of drug-likeness (QED) is 0.942. The minimum absolute atomic E-state index is 0.453. The highest BCUT2D eigenvalue weighted by atomic mass is 79.9. The van der Waals surface area contributed by atoms with Crippen LogP contribution in [0.4, 0.5) is 5.82 Å². The van der Waals surface area contributed by atoms with Crippen molar-refractivity contribution in [3.8, 4) is 0 Å². The van der Waals surface area contributed by atoms with Crippen molar-refractivity contribution in [3.05, 3.63) is 38.9 Å². The lowest BCUT2D eigenvalue weighted by Crippen LogP contribution is -2.20. The van der Waals surface area contributed by atoms with E-state index >= 15 is 0 Å². The predicted octanol–water partition coefficient (Wildman–Crippen LogP) is 2.40. The number of hydrogen-bond donors (Lipinski definition) is 1. The zero-order chi connectivity index (χ0) is 12.3. The molecule has 2 heterocycles. The minimum atomic E-state index is 0.453. The summed E-state index contributed by atoms with van der Waals surface area (Å²) in [5, 5.41) is 2.08. The lowest BCUT2D eigenvalue weighted by Gasteiger charge is -2.19. The second kappa shape index (κ2) is 5.57. The smallest absolute Gasteiger partial charge is 0.136 e. The highest BCUT2D eigenvalue weighted by molar-refractivity contribution is 9.10. The van der Waals surface area contributed by atoms with E-state index < -0.39 is 0 Å². The van der Waals surface area contributed by atoms with E-state index in [1.165, 1.54) is 4.88 Å². The van der Waals surface area contributed by atoms with Gasteiger partial charge < -0.3 is 10.6 Å². The van der Waals surface area contributed by atoms with Gasteiger partial charge in [0.2, 0.25) is 0 Å². The molecule has 17 heavy (non-hydrogen) atoms. The van der Waals surface area contributed by atoms with Crippen LogP contribution in [0.5, 0.6) is 0 Å². The van der Waals surface area contributed by atoms with Gasteiger partial charge in [0.05, 0.1) is 6.54 Å². The van der Waals surface area contributed by atoms with E-state index in [4.69, 9.17) is 5.73 Å². The lowest BCUT2D eigenvalue weighted by molar-refractivity contribution is 0.875. The number of anilines is 1. The fourth-order valence-corrected chi connectivity index (χ4v) is 3.09. The van der Waals surface area contributed by atoms with Crippen LogP contribution in [0, 0.1) is 0 Å². The molecule has 0 aliphatic heterocycles. The molecule has 0 aromatic carbocycles. The molecule has 6 heteroatoms. The topological polar surface area (TPSA) is 55.0 Å². The molecule has 0 unspecified atom stereocenters. The van der Waals surface area contributed by atoms with E-state index in [0.29, 0.717) is 6.54 Å². The van der Waals surface area contributed by atoms with Crippen LogP contribution in [0.25, 0.3) is 0 Å². The molecule has 0 saturated carbocycles. The van der Waals surface area contributed by atoms with Gasteiger partial charge in [-0.1, -0.05) is 0 Å². The van der Waals surface area contributed by atoms with Crippen molar-refractivity contribution in [2.24, 2.45) is 5.73 Å². The Labute approximate surface area is 113 Å². The maximum absolute atomic E-state index is 5.67. The zero-order valence-corrected chi connectivity index (χ0v) is 11.8. The summed E-state index contributed by atoms with van der Waals surface area (Å²) in [6.45, 7) is 1.27. The maximum Gasteiger partial charge on any atom is 0.136 e. The number of aromatic nitrogens is 2. The van der Waals surface area contributed by atoms with E-state index in [9.17, 15) is 0 Å². The number of hydrogen-bond acceptors (Lipinski definition) is 5. The molecule has 2 aromatic rings. The normalized spacial score (nSPS) is 10.5. The molecule has 0 saturated heterocycles. The summed E-state index contributed by atoms with van der Waals surface area (Å²) in [6.07, 6.45) is 3.32. The number of nitrogens with zero attached hydrogens (tertiary/aromatic N) is 3. The Morgan fingerprint density at radius 3 is 3.00 bits per heavy atom. The van der Waals surface area contributed by atoms with E-state index in [0.717, 1.165) is 22.4 Å². The van der Waals surface area contributed by atoms with Gasteiger partial charge in [-0.05, 0) is 22.0 Å². The summed E-state index contributed by atoms with van der Waals surface area (Å²) >= 11 is 5.18. The van der Waals surface area contributed by atoms with E-state index in [1.807, 2.05) is 7.05 Å². The molecule has 0 radical (unpaired) electrons. The summed E-state index contributed by atoms with van der Waals surface area (Å²) < 4.78 is 1.12. The first-order valence-electron chi connectivity index (χ1n) is 5.13. The third-order valence-electron chi connectivity index (χ3n) is 2.36. The highest BCUT2D eigenvalue weighted by Crippen LogP contribution is 2.23. The van der Waals surface area contributed by atoms with Gasteiger partial charge in [-0.15, -0.1) is 11.3 Å². The van der Waals surface area contributed by atoms with E-state index in [1.54, 1.807) is 23.9 Å². The lowest BCUT2D eigenvalue weighted by atomic mass is 10.3. The van der Waals surface area contributed by atoms with Crippen molar-refractivity contribution in [1.82, 2.24) is 9.97 Å². The van der Waals surface area contributed by atoms with Gasteiger partial charge in [-0.25, -0.2) is 9.97 Å². The van der Waals surface area contributed by atoms with E-state index in [2.05, 4.69) is 42.2 Å². The number of rotatable bonds is 4. The molecule has 0 atom stereocenters. The summed E-state index contributed by atoms with van der Waals surface area (Å²) in [5.41, 5.74) is 6.64. The van der Waals surface area contributed by atoms with Gasteiger partial charge in [-0.3, -0.25) is 0 Å². The number of halogens is 1. The monoisotopic (exact) mass is 312 g/mol. The molecule has 2 aromatic heterocycles.